The summed E-state index contributed by atoms with van der Waals surface area (Å²) in [7, 11) is 0. The maximum atomic E-state index is 11.8. The Morgan fingerprint density at radius 3 is 1.35 bits per heavy atom. The lowest BCUT2D eigenvalue weighted by Gasteiger charge is -2.20. The van der Waals surface area contributed by atoms with E-state index in [1.54, 1.807) is 13.0 Å². The number of rotatable bonds is 15. The number of esters is 2. The first-order valence-electron chi connectivity index (χ1n) is 14.7. The number of nitrogens with zero attached hydrogens (tertiary/aromatic N) is 4. The van der Waals surface area contributed by atoms with Gasteiger partial charge < -0.3 is 24.0 Å². The topological polar surface area (TPSA) is 116 Å². The fourth-order valence-electron chi connectivity index (χ4n) is 3.97. The van der Waals surface area contributed by atoms with E-state index in [4.69, 9.17) is 24.7 Å². The average molecular weight is 589 g/mol. The molecule has 43 heavy (non-hydrogen) atoms. The third-order valence-electron chi connectivity index (χ3n) is 6.29. The van der Waals surface area contributed by atoms with Gasteiger partial charge in [0.1, 0.15) is 29.9 Å². The molecule has 2 aromatic carbocycles. The van der Waals surface area contributed by atoms with Crippen LogP contribution in [0.3, 0.4) is 0 Å². The van der Waals surface area contributed by atoms with Crippen molar-refractivity contribution in [3.63, 3.8) is 0 Å². The van der Waals surface area contributed by atoms with E-state index in [0.29, 0.717) is 13.2 Å². The molecule has 0 aliphatic heterocycles. The van der Waals surface area contributed by atoms with Crippen molar-refractivity contribution in [1.82, 2.24) is 0 Å². The van der Waals surface area contributed by atoms with Gasteiger partial charge in [-0.25, -0.2) is 9.59 Å². The molecule has 0 saturated heterocycles. The third kappa shape index (κ3) is 12.8. The summed E-state index contributed by atoms with van der Waals surface area (Å²) in [4.78, 5) is 27.8. The van der Waals surface area contributed by atoms with Crippen LogP contribution < -0.4 is 9.80 Å². The smallest absolute Gasteiger partial charge is 0.348 e. The van der Waals surface area contributed by atoms with Crippen molar-refractivity contribution in [2.45, 2.75) is 41.5 Å². The molecule has 0 spiro atoms. The minimum Gasteiger partial charge on any atom is -0.462 e. The molecule has 0 fully saturated rings. The third-order valence-corrected chi connectivity index (χ3v) is 6.29. The Morgan fingerprint density at radius 1 is 0.628 bits per heavy atom. The molecule has 0 amide bonds. The summed E-state index contributed by atoms with van der Waals surface area (Å²) < 4.78 is 14.9. The van der Waals surface area contributed by atoms with Crippen LogP contribution in [0.4, 0.5) is 11.4 Å². The summed E-state index contributed by atoms with van der Waals surface area (Å²) in [6.07, 6.45) is 3.08. The molecule has 0 aromatic heterocycles. The normalized spacial score (nSPS) is 10.9. The van der Waals surface area contributed by atoms with Gasteiger partial charge in [0.05, 0.1) is 13.2 Å². The van der Waals surface area contributed by atoms with Gasteiger partial charge >= 0.3 is 11.9 Å². The van der Waals surface area contributed by atoms with Gasteiger partial charge in [0.15, 0.2) is 0 Å². The largest absolute Gasteiger partial charge is 0.462 e. The minimum absolute atomic E-state index is 0.0161. The average Bonchev–Trinajstić information content (AvgIpc) is 3.03. The van der Waals surface area contributed by atoms with E-state index >= 15 is 0 Å². The predicted octanol–water partition coefficient (Wildman–Crippen LogP) is 6.02. The van der Waals surface area contributed by atoms with Crippen LogP contribution in [0.1, 0.15) is 52.7 Å². The van der Waals surface area contributed by atoms with Gasteiger partial charge in [-0.05, 0) is 89.1 Å². The SMILES string of the molecule is CCOC(=O)/C(C#N)=C/c1ccc(N(CC)CC)cc1.CCOCCOC(=O)/C(C#N)=C/c1ccc(N(CC)CC)cc1. The molecule has 0 N–H and O–H groups in total. The highest BCUT2D eigenvalue weighted by Gasteiger charge is 2.11. The molecule has 0 bridgehead atoms. The monoisotopic (exact) mass is 588 g/mol. The summed E-state index contributed by atoms with van der Waals surface area (Å²) in [5.74, 6) is -1.21. The number of benzene rings is 2. The Labute approximate surface area is 256 Å². The molecule has 2 rings (SSSR count). The van der Waals surface area contributed by atoms with E-state index in [0.717, 1.165) is 48.7 Å². The maximum Gasteiger partial charge on any atom is 0.348 e. The summed E-state index contributed by atoms with van der Waals surface area (Å²) in [6, 6.07) is 19.2. The Balaban J connectivity index is 0.000000434. The first kappa shape index (κ1) is 36.4. The molecular weight excluding hydrogens is 544 g/mol. The van der Waals surface area contributed by atoms with Gasteiger partial charge in [0.25, 0.3) is 0 Å². The van der Waals surface area contributed by atoms with Crippen LogP contribution in [0, 0.1) is 22.7 Å². The van der Waals surface area contributed by atoms with Crippen molar-refractivity contribution in [3.8, 4) is 12.1 Å². The lowest BCUT2D eigenvalue weighted by molar-refractivity contribution is -0.140. The highest BCUT2D eigenvalue weighted by molar-refractivity contribution is 5.98. The molecule has 9 heteroatoms. The molecule has 0 saturated carbocycles. The van der Waals surface area contributed by atoms with E-state index in [9.17, 15) is 9.59 Å². The molecule has 0 radical (unpaired) electrons. The molecular formula is C34H44N4O5. The zero-order chi connectivity index (χ0) is 32.0. The predicted molar refractivity (Wildman–Crippen MR) is 171 cm³/mol. The zero-order valence-corrected chi connectivity index (χ0v) is 26.3. The molecule has 230 valence electrons. The quantitative estimate of drug-likeness (QED) is 0.107. The van der Waals surface area contributed by atoms with E-state index in [1.807, 2.05) is 67.6 Å². The minimum atomic E-state index is -0.625. The van der Waals surface area contributed by atoms with Gasteiger partial charge in [0, 0.05) is 44.2 Å². The lowest BCUT2D eigenvalue weighted by Crippen LogP contribution is -2.21. The first-order chi connectivity index (χ1) is 20.8. The van der Waals surface area contributed by atoms with Gasteiger partial charge in [-0.15, -0.1) is 0 Å². The molecule has 0 unspecified atom stereocenters. The second-order valence-corrected chi connectivity index (χ2v) is 8.92. The van der Waals surface area contributed by atoms with Crippen molar-refractivity contribution in [2.75, 3.05) is 62.4 Å². The van der Waals surface area contributed by atoms with Crippen molar-refractivity contribution in [3.05, 3.63) is 70.8 Å². The van der Waals surface area contributed by atoms with Crippen LogP contribution in [0.5, 0.6) is 0 Å². The van der Waals surface area contributed by atoms with Crippen LogP contribution >= 0.6 is 0 Å². The van der Waals surface area contributed by atoms with E-state index < -0.39 is 11.9 Å². The number of hydrogen-bond acceptors (Lipinski definition) is 9. The number of ether oxygens (including phenoxy) is 3. The summed E-state index contributed by atoms with van der Waals surface area (Å²) >= 11 is 0. The second-order valence-electron chi connectivity index (χ2n) is 8.92. The Bertz CT molecular complexity index is 1260. The Hall–Kier alpha value is -4.60. The standard InChI is InChI=1S/C18H24N2O3.C16H20N2O2/c1-4-20(5-2)17-9-7-15(8-10-17)13-16(14-19)18(21)23-12-11-22-6-3;1-4-18(5-2)15-9-7-13(8-10-15)11-14(12-17)16(19)20-6-3/h7-10,13H,4-6,11-12H2,1-3H3;7-11H,4-6H2,1-3H3/b16-13+;14-11+. The molecule has 9 nitrogen and oxygen atoms in total. The fourth-order valence-corrected chi connectivity index (χ4v) is 3.97. The van der Waals surface area contributed by atoms with Crippen LogP contribution in [0.25, 0.3) is 12.2 Å². The van der Waals surface area contributed by atoms with Gasteiger partial charge in [-0.3, -0.25) is 0 Å². The van der Waals surface area contributed by atoms with Crippen LogP contribution in [0.15, 0.2) is 59.7 Å². The van der Waals surface area contributed by atoms with Crippen molar-refractivity contribution in [1.29, 1.82) is 10.5 Å². The van der Waals surface area contributed by atoms with Crippen LogP contribution in [0.2, 0.25) is 0 Å². The van der Waals surface area contributed by atoms with Crippen molar-refractivity contribution < 1.29 is 23.8 Å². The molecule has 0 heterocycles. The van der Waals surface area contributed by atoms with Crippen LogP contribution in [-0.2, 0) is 23.8 Å². The fraction of sp³-hybridized carbons (Fsp3) is 0.412. The Kier molecular flexibility index (Phi) is 17.9. The number of anilines is 2. The highest BCUT2D eigenvalue weighted by atomic mass is 16.6. The first-order valence-corrected chi connectivity index (χ1v) is 14.7. The second kappa shape index (κ2) is 21.2. The Morgan fingerprint density at radius 2 is 1.02 bits per heavy atom. The zero-order valence-electron chi connectivity index (χ0n) is 26.3. The van der Waals surface area contributed by atoms with Crippen molar-refractivity contribution in [2.24, 2.45) is 0 Å². The molecule has 2 aromatic rings. The summed E-state index contributed by atoms with van der Waals surface area (Å²) in [5, 5.41) is 18.1. The van der Waals surface area contributed by atoms with Gasteiger partial charge in [-0.1, -0.05) is 24.3 Å². The summed E-state index contributed by atoms with van der Waals surface area (Å²) in [5.41, 5.74) is 3.84. The van der Waals surface area contributed by atoms with E-state index in [-0.39, 0.29) is 24.4 Å². The molecule has 0 aliphatic rings. The van der Waals surface area contributed by atoms with Crippen LogP contribution in [-0.4, -0.2) is 64.5 Å². The van der Waals surface area contributed by atoms with Crippen molar-refractivity contribution >= 4 is 35.5 Å². The number of carbonyl (C=O) groups excluding carboxylic acids is 2. The van der Waals surface area contributed by atoms with Gasteiger partial charge in [-0.2, -0.15) is 10.5 Å². The highest BCUT2D eigenvalue weighted by Crippen LogP contribution is 2.18. The maximum absolute atomic E-state index is 11.8. The number of carbonyl (C=O) groups is 2. The van der Waals surface area contributed by atoms with E-state index in [1.165, 1.54) is 6.08 Å². The van der Waals surface area contributed by atoms with E-state index in [2.05, 4.69) is 37.5 Å². The number of nitriles is 2. The van der Waals surface area contributed by atoms with Gasteiger partial charge in [0.2, 0.25) is 0 Å². The summed E-state index contributed by atoms with van der Waals surface area (Å²) in [6.45, 7) is 17.0. The molecule has 0 atom stereocenters. The number of hydrogen-bond donors (Lipinski definition) is 0. The lowest BCUT2D eigenvalue weighted by atomic mass is 10.1. The molecule has 0 aliphatic carbocycles.